The third kappa shape index (κ3) is 16.9. The number of rotatable bonds is 13. The van der Waals surface area contributed by atoms with E-state index >= 15 is 0 Å². The van der Waals surface area contributed by atoms with Crippen molar-refractivity contribution in [3.8, 4) is 0 Å². The third-order valence-electron chi connectivity index (χ3n) is 3.21. The Hall–Kier alpha value is -1.05. The van der Waals surface area contributed by atoms with Crippen molar-refractivity contribution < 1.29 is 9.53 Å². The van der Waals surface area contributed by atoms with Crippen LogP contribution in [0.2, 0.25) is 0 Å². The first-order chi connectivity index (χ1) is 9.77. The van der Waals surface area contributed by atoms with Crippen molar-refractivity contribution >= 4 is 5.97 Å². The summed E-state index contributed by atoms with van der Waals surface area (Å²) in [4.78, 5) is 10.5. The van der Waals surface area contributed by atoms with Crippen LogP contribution in [0, 0.1) is 0 Å². The van der Waals surface area contributed by atoms with Crippen molar-refractivity contribution in [2.75, 3.05) is 0 Å². The molecule has 0 atom stereocenters. The average molecular weight is 280 g/mol. The molecule has 0 fully saturated rings. The van der Waals surface area contributed by atoms with Gasteiger partial charge in [-0.05, 0) is 44.6 Å². The Morgan fingerprint density at radius 1 is 0.800 bits per heavy atom. The molecule has 2 nitrogen and oxygen atoms in total. The fourth-order valence-corrected chi connectivity index (χ4v) is 2.01. The lowest BCUT2D eigenvalue weighted by atomic mass is 10.1. The number of ether oxygens (including phenoxy) is 1. The summed E-state index contributed by atoms with van der Waals surface area (Å²) in [5, 5.41) is 0. The summed E-state index contributed by atoms with van der Waals surface area (Å²) in [5.41, 5.74) is 0. The molecule has 0 amide bonds. The first-order valence-electron chi connectivity index (χ1n) is 8.24. The fraction of sp³-hybridized carbons (Fsp3) is 0.722. The summed E-state index contributed by atoms with van der Waals surface area (Å²) in [6, 6.07) is 0. The van der Waals surface area contributed by atoms with E-state index in [0.29, 0.717) is 0 Å². The van der Waals surface area contributed by atoms with Gasteiger partial charge in [-0.25, -0.2) is 0 Å². The number of carbonyl (C=O) groups excluding carboxylic acids is 1. The molecule has 0 rings (SSSR count). The van der Waals surface area contributed by atoms with E-state index in [9.17, 15) is 4.79 Å². The largest absolute Gasteiger partial charge is 0.435 e. The van der Waals surface area contributed by atoms with Gasteiger partial charge in [-0.1, -0.05) is 51.2 Å². The van der Waals surface area contributed by atoms with Crippen molar-refractivity contribution in [2.24, 2.45) is 0 Å². The zero-order valence-electron chi connectivity index (χ0n) is 13.4. The molecule has 0 saturated carbocycles. The van der Waals surface area contributed by atoms with Crippen LogP contribution in [0.1, 0.15) is 84.5 Å². The fourth-order valence-electron chi connectivity index (χ4n) is 2.01. The van der Waals surface area contributed by atoms with E-state index in [1.165, 1.54) is 64.6 Å². The molecule has 0 aliphatic rings. The van der Waals surface area contributed by atoms with E-state index in [1.54, 1.807) is 0 Å². The highest BCUT2D eigenvalue weighted by Crippen LogP contribution is 2.08. The van der Waals surface area contributed by atoms with E-state index in [4.69, 9.17) is 4.74 Å². The first-order valence-corrected chi connectivity index (χ1v) is 8.24. The molecule has 0 aromatic rings. The zero-order valence-corrected chi connectivity index (χ0v) is 13.4. The van der Waals surface area contributed by atoms with E-state index in [1.807, 2.05) is 6.08 Å². The van der Waals surface area contributed by atoms with Gasteiger partial charge < -0.3 is 4.74 Å². The molecule has 0 aliphatic carbocycles. The second-order valence-electron chi connectivity index (χ2n) is 5.29. The quantitative estimate of drug-likeness (QED) is 0.181. The molecule has 0 N–H and O–H groups in total. The van der Waals surface area contributed by atoms with E-state index in [2.05, 4.69) is 19.1 Å². The Kier molecular flexibility index (Phi) is 15.2. The molecule has 0 unspecified atom stereocenters. The molecule has 0 spiro atoms. The lowest BCUT2D eigenvalue weighted by Crippen LogP contribution is -1.89. The van der Waals surface area contributed by atoms with Gasteiger partial charge in [0.1, 0.15) is 0 Å². The standard InChI is InChI=1S/C18H32O2/c1-3-4-5-6-7-8-9-10-11-12-13-14-15-16-17-20-18(2)19/h10-11,16-17H,3-9,12-15H2,1-2H3/b11-10-,17-16-. The van der Waals surface area contributed by atoms with Crippen molar-refractivity contribution in [3.05, 3.63) is 24.5 Å². The third-order valence-corrected chi connectivity index (χ3v) is 3.21. The van der Waals surface area contributed by atoms with Gasteiger partial charge in [0.15, 0.2) is 0 Å². The molecule has 0 aliphatic heterocycles. The van der Waals surface area contributed by atoms with E-state index in [0.717, 1.165) is 19.3 Å². The summed E-state index contributed by atoms with van der Waals surface area (Å²) < 4.78 is 4.72. The molecule has 116 valence electrons. The summed E-state index contributed by atoms with van der Waals surface area (Å²) in [6.07, 6.45) is 22.0. The Morgan fingerprint density at radius 3 is 1.90 bits per heavy atom. The molecule has 0 heterocycles. The van der Waals surface area contributed by atoms with Gasteiger partial charge in [0.05, 0.1) is 6.26 Å². The molecular formula is C18H32O2. The second-order valence-corrected chi connectivity index (χ2v) is 5.29. The van der Waals surface area contributed by atoms with E-state index in [-0.39, 0.29) is 5.97 Å². The maximum atomic E-state index is 10.5. The van der Waals surface area contributed by atoms with Crippen molar-refractivity contribution in [3.63, 3.8) is 0 Å². The average Bonchev–Trinajstić information content (AvgIpc) is 2.43. The number of unbranched alkanes of at least 4 members (excludes halogenated alkanes) is 9. The minimum Gasteiger partial charge on any atom is -0.435 e. The van der Waals surface area contributed by atoms with Crippen LogP contribution in [0.3, 0.4) is 0 Å². The smallest absolute Gasteiger partial charge is 0.307 e. The van der Waals surface area contributed by atoms with Gasteiger partial charge in [0.25, 0.3) is 0 Å². The van der Waals surface area contributed by atoms with Crippen molar-refractivity contribution in [1.82, 2.24) is 0 Å². The Bertz CT molecular complexity index is 267. The highest BCUT2D eigenvalue weighted by Gasteiger charge is 1.89. The number of carbonyl (C=O) groups is 1. The van der Waals surface area contributed by atoms with Gasteiger partial charge in [0, 0.05) is 6.92 Å². The van der Waals surface area contributed by atoms with Gasteiger partial charge in [-0.2, -0.15) is 0 Å². The molecule has 2 heteroatoms. The minimum atomic E-state index is -0.251. The first kappa shape index (κ1) is 18.9. The minimum absolute atomic E-state index is 0.251. The van der Waals surface area contributed by atoms with Crippen LogP contribution in [-0.2, 0) is 9.53 Å². The topological polar surface area (TPSA) is 26.3 Å². The van der Waals surface area contributed by atoms with Crippen LogP contribution in [-0.4, -0.2) is 5.97 Å². The molecule has 0 aromatic carbocycles. The van der Waals surface area contributed by atoms with Crippen LogP contribution in [0.25, 0.3) is 0 Å². The molecule has 0 aromatic heterocycles. The van der Waals surface area contributed by atoms with Crippen LogP contribution in [0.15, 0.2) is 24.5 Å². The Balaban J connectivity index is 3.16. The summed E-state index contributed by atoms with van der Waals surface area (Å²) in [5.74, 6) is -0.251. The molecule has 0 radical (unpaired) electrons. The van der Waals surface area contributed by atoms with Crippen molar-refractivity contribution in [1.29, 1.82) is 0 Å². The zero-order chi connectivity index (χ0) is 14.9. The van der Waals surface area contributed by atoms with Gasteiger partial charge in [-0.15, -0.1) is 0 Å². The van der Waals surface area contributed by atoms with Gasteiger partial charge in [0.2, 0.25) is 0 Å². The number of hydrogen-bond acceptors (Lipinski definition) is 2. The Labute approximate surface area is 125 Å². The number of allylic oxidation sites excluding steroid dienone is 3. The summed E-state index contributed by atoms with van der Waals surface area (Å²) in [6.45, 7) is 3.67. The SMILES string of the molecule is CCCCCCCC/C=C\CCCC/C=C\OC(C)=O. The van der Waals surface area contributed by atoms with Crippen molar-refractivity contribution in [2.45, 2.75) is 84.5 Å². The molecule has 0 bridgehead atoms. The maximum absolute atomic E-state index is 10.5. The van der Waals surface area contributed by atoms with Crippen LogP contribution in [0.5, 0.6) is 0 Å². The second kappa shape index (κ2) is 16.0. The highest BCUT2D eigenvalue weighted by atomic mass is 16.5. The molecule has 20 heavy (non-hydrogen) atoms. The predicted octanol–water partition coefficient (Wildman–Crippen LogP) is 5.93. The van der Waals surface area contributed by atoms with E-state index < -0.39 is 0 Å². The van der Waals surface area contributed by atoms with Gasteiger partial charge in [-0.3, -0.25) is 4.79 Å². The van der Waals surface area contributed by atoms with Gasteiger partial charge >= 0.3 is 5.97 Å². The van der Waals surface area contributed by atoms with Crippen LogP contribution < -0.4 is 0 Å². The molecular weight excluding hydrogens is 248 g/mol. The predicted molar refractivity (Wildman–Crippen MR) is 86.5 cm³/mol. The lowest BCUT2D eigenvalue weighted by Gasteiger charge is -1.98. The summed E-state index contributed by atoms with van der Waals surface area (Å²) >= 11 is 0. The monoisotopic (exact) mass is 280 g/mol. The highest BCUT2D eigenvalue weighted by molar-refractivity contribution is 5.66. The number of esters is 1. The lowest BCUT2D eigenvalue weighted by molar-refractivity contribution is -0.135. The normalized spacial score (nSPS) is 11.5. The van der Waals surface area contributed by atoms with Crippen LogP contribution >= 0.6 is 0 Å². The summed E-state index contributed by atoms with van der Waals surface area (Å²) in [7, 11) is 0. The van der Waals surface area contributed by atoms with Crippen LogP contribution in [0.4, 0.5) is 0 Å². The molecule has 0 saturated heterocycles. The maximum Gasteiger partial charge on any atom is 0.307 e. The Morgan fingerprint density at radius 2 is 1.30 bits per heavy atom. The number of hydrogen-bond donors (Lipinski definition) is 0.